The third kappa shape index (κ3) is 5.18. The van der Waals surface area contributed by atoms with E-state index >= 15 is 0 Å². The summed E-state index contributed by atoms with van der Waals surface area (Å²) >= 11 is 0. The molecule has 8 heteroatoms. The van der Waals surface area contributed by atoms with E-state index in [-0.39, 0.29) is 18.4 Å². The molecule has 2 unspecified atom stereocenters. The number of carbonyl (C=O) groups excluding carboxylic acids is 3. The van der Waals surface area contributed by atoms with Crippen molar-refractivity contribution in [2.24, 2.45) is 10.9 Å². The monoisotopic (exact) mass is 440 g/mol. The molecular formula is C24H32N4O4. The van der Waals surface area contributed by atoms with Crippen LogP contribution in [0.4, 0.5) is 5.69 Å². The second kappa shape index (κ2) is 9.97. The molecule has 8 nitrogen and oxygen atoms in total. The van der Waals surface area contributed by atoms with Crippen LogP contribution in [0.5, 0.6) is 0 Å². The summed E-state index contributed by atoms with van der Waals surface area (Å²) in [6.45, 7) is 5.93. The topological polar surface area (TPSA) is 114 Å². The first-order valence-electron chi connectivity index (χ1n) is 11.2. The number of allylic oxidation sites excluding steroid dienone is 1. The maximum absolute atomic E-state index is 12.7. The molecule has 0 saturated carbocycles. The van der Waals surface area contributed by atoms with Crippen molar-refractivity contribution >= 4 is 29.1 Å². The summed E-state index contributed by atoms with van der Waals surface area (Å²) in [5, 5.41) is 7.15. The highest BCUT2D eigenvalue weighted by Gasteiger charge is 2.53. The number of hydrogen-bond donors (Lipinski definition) is 2. The van der Waals surface area contributed by atoms with Gasteiger partial charge in [-0.05, 0) is 32.4 Å². The molecule has 172 valence electrons. The Bertz CT molecular complexity index is 955. The normalized spacial score (nSPS) is 22.6. The lowest BCUT2D eigenvalue weighted by Gasteiger charge is -2.23. The molecule has 1 fully saturated rings. The van der Waals surface area contributed by atoms with Crippen LogP contribution in [0, 0.1) is 0 Å². The lowest BCUT2D eigenvalue weighted by Crippen LogP contribution is -2.43. The summed E-state index contributed by atoms with van der Waals surface area (Å²) in [4.78, 5) is 44.3. The molecule has 0 bridgehead atoms. The fraction of sp³-hybridized carbons (Fsp3) is 0.500. The number of hydrogen-bond acceptors (Lipinski definition) is 5. The largest absolute Gasteiger partial charge is 0.387 e. The van der Waals surface area contributed by atoms with Crippen LogP contribution in [0.2, 0.25) is 0 Å². The minimum atomic E-state index is -0.754. The van der Waals surface area contributed by atoms with E-state index in [1.54, 1.807) is 17.9 Å². The van der Waals surface area contributed by atoms with Crippen molar-refractivity contribution in [2.45, 2.75) is 70.9 Å². The number of likely N-dealkylation sites (tertiary alicyclic amines) is 1. The van der Waals surface area contributed by atoms with Crippen LogP contribution in [-0.2, 0) is 19.2 Å². The molecule has 0 aliphatic carbocycles. The Hall–Kier alpha value is -3.16. The Balaban J connectivity index is 1.71. The number of nitrogens with zero attached hydrogens (tertiary/aromatic N) is 2. The molecule has 1 aromatic carbocycles. The van der Waals surface area contributed by atoms with E-state index in [4.69, 9.17) is 10.6 Å². The van der Waals surface area contributed by atoms with Gasteiger partial charge in [0.05, 0.1) is 12.3 Å². The van der Waals surface area contributed by atoms with Crippen molar-refractivity contribution in [1.29, 1.82) is 0 Å². The van der Waals surface area contributed by atoms with Crippen LogP contribution in [0.15, 0.2) is 41.1 Å². The van der Waals surface area contributed by atoms with Crippen LogP contribution in [0.1, 0.15) is 64.9 Å². The number of benzene rings is 1. The number of amides is 3. The van der Waals surface area contributed by atoms with Gasteiger partial charge in [0, 0.05) is 36.1 Å². The van der Waals surface area contributed by atoms with E-state index in [9.17, 15) is 14.4 Å². The molecule has 0 aromatic heterocycles. The first kappa shape index (κ1) is 23.5. The van der Waals surface area contributed by atoms with Gasteiger partial charge in [-0.15, -0.1) is 0 Å². The summed E-state index contributed by atoms with van der Waals surface area (Å²) in [5.74, 6) is -0.755. The Labute approximate surface area is 188 Å². The van der Waals surface area contributed by atoms with E-state index in [1.165, 1.54) is 0 Å². The standard InChI is InChI=1S/C24H32N4O4/c1-4-6-7-11-21(29)28-15-24(14-20(28)22(25)30)13-19(27-32-24)17-9-8-10-18(12-17)26-23(31)16(3)5-2/h5,8-10,12,20H,4,6-7,11,13-15H2,1-3H3,(H2,25,30)(H,26,31). The van der Waals surface area contributed by atoms with Crippen molar-refractivity contribution in [3.63, 3.8) is 0 Å². The molecule has 2 aliphatic rings. The fourth-order valence-corrected chi connectivity index (χ4v) is 4.14. The van der Waals surface area contributed by atoms with Crippen molar-refractivity contribution in [1.82, 2.24) is 4.90 Å². The van der Waals surface area contributed by atoms with Gasteiger partial charge in [0.2, 0.25) is 11.8 Å². The Kier molecular flexibility index (Phi) is 7.33. The number of nitrogens with one attached hydrogen (secondary N) is 1. The SMILES string of the molecule is CC=C(C)C(=O)Nc1cccc(C2=NOC3(C2)CC(C(N)=O)N(C(=O)CCCCC)C3)c1. The molecule has 2 heterocycles. The highest BCUT2D eigenvalue weighted by molar-refractivity contribution is 6.06. The van der Waals surface area contributed by atoms with Gasteiger partial charge in [-0.25, -0.2) is 0 Å². The van der Waals surface area contributed by atoms with Crippen LogP contribution >= 0.6 is 0 Å². The van der Waals surface area contributed by atoms with Crippen molar-refractivity contribution < 1.29 is 19.2 Å². The van der Waals surface area contributed by atoms with Crippen molar-refractivity contribution in [3.05, 3.63) is 41.5 Å². The highest BCUT2D eigenvalue weighted by Crippen LogP contribution is 2.39. The maximum atomic E-state index is 12.7. The zero-order valence-electron chi connectivity index (χ0n) is 19.0. The summed E-state index contributed by atoms with van der Waals surface area (Å²) in [7, 11) is 0. The van der Waals surface area contributed by atoms with Crippen LogP contribution in [-0.4, -0.2) is 46.5 Å². The maximum Gasteiger partial charge on any atom is 0.250 e. The average Bonchev–Trinajstić information content (AvgIpc) is 3.37. The smallest absolute Gasteiger partial charge is 0.250 e. The van der Waals surface area contributed by atoms with E-state index in [0.717, 1.165) is 24.8 Å². The van der Waals surface area contributed by atoms with Crippen molar-refractivity contribution in [2.75, 3.05) is 11.9 Å². The van der Waals surface area contributed by atoms with E-state index in [1.807, 2.05) is 31.2 Å². The lowest BCUT2D eigenvalue weighted by molar-refractivity contribution is -0.137. The van der Waals surface area contributed by atoms with E-state index < -0.39 is 17.6 Å². The summed E-state index contributed by atoms with van der Waals surface area (Å²) in [5.41, 5.74) is 7.68. The number of primary amides is 1. The summed E-state index contributed by atoms with van der Waals surface area (Å²) < 4.78 is 0. The molecule has 3 N–H and O–H groups in total. The first-order chi connectivity index (χ1) is 15.3. The minimum Gasteiger partial charge on any atom is -0.387 e. The number of unbranched alkanes of at least 4 members (excludes halogenated alkanes) is 2. The van der Waals surface area contributed by atoms with Gasteiger partial charge in [-0.2, -0.15) is 0 Å². The second-order valence-corrected chi connectivity index (χ2v) is 8.60. The van der Waals surface area contributed by atoms with Gasteiger partial charge >= 0.3 is 0 Å². The third-order valence-corrected chi connectivity index (χ3v) is 6.13. The molecule has 2 atom stereocenters. The number of oxime groups is 1. The highest BCUT2D eigenvalue weighted by atomic mass is 16.7. The predicted molar refractivity (Wildman–Crippen MR) is 123 cm³/mol. The second-order valence-electron chi connectivity index (χ2n) is 8.60. The fourth-order valence-electron chi connectivity index (χ4n) is 4.14. The van der Waals surface area contributed by atoms with E-state index in [2.05, 4.69) is 17.4 Å². The molecule has 3 rings (SSSR count). The number of anilines is 1. The zero-order chi connectivity index (χ0) is 23.3. The van der Waals surface area contributed by atoms with Gasteiger partial charge in [0.15, 0.2) is 5.60 Å². The third-order valence-electron chi connectivity index (χ3n) is 6.13. The quantitative estimate of drug-likeness (QED) is 0.477. The number of rotatable bonds is 8. The van der Waals surface area contributed by atoms with Crippen LogP contribution < -0.4 is 11.1 Å². The predicted octanol–water partition coefficient (Wildman–Crippen LogP) is 3.12. The van der Waals surface area contributed by atoms with Gasteiger partial charge in [-0.3, -0.25) is 14.4 Å². The summed E-state index contributed by atoms with van der Waals surface area (Å²) in [6.07, 6.45) is 5.71. The van der Waals surface area contributed by atoms with Crippen LogP contribution in [0.3, 0.4) is 0 Å². The first-order valence-corrected chi connectivity index (χ1v) is 11.2. The van der Waals surface area contributed by atoms with Crippen LogP contribution in [0.25, 0.3) is 0 Å². The number of carbonyl (C=O) groups is 3. The molecular weight excluding hydrogens is 408 g/mol. The molecule has 2 aliphatic heterocycles. The molecule has 1 saturated heterocycles. The Morgan fingerprint density at radius 3 is 2.81 bits per heavy atom. The van der Waals surface area contributed by atoms with Gasteiger partial charge < -0.3 is 20.8 Å². The molecule has 32 heavy (non-hydrogen) atoms. The zero-order valence-corrected chi connectivity index (χ0v) is 19.0. The van der Waals surface area contributed by atoms with Gasteiger partial charge in [0.25, 0.3) is 5.91 Å². The Morgan fingerprint density at radius 2 is 2.12 bits per heavy atom. The average molecular weight is 441 g/mol. The number of nitrogens with two attached hydrogens (primary N) is 1. The van der Waals surface area contributed by atoms with Gasteiger partial charge in [-0.1, -0.05) is 43.1 Å². The van der Waals surface area contributed by atoms with Gasteiger partial charge in [0.1, 0.15) is 6.04 Å². The Morgan fingerprint density at radius 1 is 1.34 bits per heavy atom. The molecule has 1 spiro atoms. The molecule has 0 radical (unpaired) electrons. The van der Waals surface area contributed by atoms with E-state index in [0.29, 0.717) is 36.2 Å². The van der Waals surface area contributed by atoms with Crippen molar-refractivity contribution in [3.8, 4) is 0 Å². The lowest BCUT2D eigenvalue weighted by atomic mass is 9.91. The summed E-state index contributed by atoms with van der Waals surface area (Å²) in [6, 6.07) is 6.71. The molecule has 3 amide bonds. The minimum absolute atomic E-state index is 0.0692. The molecule has 1 aromatic rings.